The van der Waals surface area contributed by atoms with Crippen LogP contribution in [-0.4, -0.2) is 38.5 Å². The van der Waals surface area contributed by atoms with Crippen molar-refractivity contribution in [3.05, 3.63) is 54.2 Å². The molecule has 2 aromatic heterocycles. The molecule has 1 aliphatic rings. The van der Waals surface area contributed by atoms with E-state index in [1.807, 2.05) is 0 Å². The molecule has 0 spiro atoms. The Labute approximate surface area is 169 Å². The summed E-state index contributed by atoms with van der Waals surface area (Å²) in [5, 5.41) is 17.4. The lowest BCUT2D eigenvalue weighted by atomic mass is 9.66. The van der Waals surface area contributed by atoms with Crippen LogP contribution >= 0.6 is 0 Å². The number of pyridine rings is 1. The lowest BCUT2D eigenvalue weighted by Gasteiger charge is -2.44. The predicted octanol–water partition coefficient (Wildman–Crippen LogP) is 4.40. The van der Waals surface area contributed by atoms with Crippen LogP contribution in [0.2, 0.25) is 0 Å². The number of rotatable bonds is 5. The van der Waals surface area contributed by atoms with Crippen LogP contribution in [0.3, 0.4) is 0 Å². The number of nitrogens with zero attached hydrogens (tertiary/aromatic N) is 4. The average molecular weight is 400 g/mol. The van der Waals surface area contributed by atoms with Crippen LogP contribution in [-0.2, 0) is 10.2 Å². The highest BCUT2D eigenvalue weighted by molar-refractivity contribution is 5.87. The summed E-state index contributed by atoms with van der Waals surface area (Å²) < 4.78 is 20.1. The standard InChI is InChI=1S/C21H25FN4O3/c1-14(27)16-8-9-17(25-24-16)26(19(28)29-20(2,3)4)13-21(10-6-11-21)18-15(22)7-5-12-23-18/h5,7-9,12,27H,1,6,10-11,13H2,2-4H3. The van der Waals surface area contributed by atoms with E-state index < -0.39 is 22.9 Å². The quantitative estimate of drug-likeness (QED) is 0.748. The minimum atomic E-state index is -0.717. The summed E-state index contributed by atoms with van der Waals surface area (Å²) in [6.45, 7) is 8.88. The van der Waals surface area contributed by atoms with E-state index in [9.17, 15) is 14.3 Å². The molecule has 0 unspecified atom stereocenters. The van der Waals surface area contributed by atoms with Gasteiger partial charge in [-0.05, 0) is 57.9 Å². The Balaban J connectivity index is 1.97. The highest BCUT2D eigenvalue weighted by Crippen LogP contribution is 2.45. The van der Waals surface area contributed by atoms with Crippen molar-refractivity contribution in [3.8, 4) is 0 Å². The molecule has 2 aromatic rings. The number of anilines is 1. The van der Waals surface area contributed by atoms with Crippen molar-refractivity contribution in [2.24, 2.45) is 0 Å². The summed E-state index contributed by atoms with van der Waals surface area (Å²) in [5.41, 5.74) is -0.797. The Morgan fingerprint density at radius 3 is 2.52 bits per heavy atom. The van der Waals surface area contributed by atoms with E-state index in [1.54, 1.807) is 39.1 Å². The number of aliphatic hydroxyl groups excluding tert-OH is 1. The number of aromatic nitrogens is 3. The van der Waals surface area contributed by atoms with Crippen LogP contribution in [0.15, 0.2) is 37.0 Å². The average Bonchev–Trinajstić information content (AvgIpc) is 2.61. The maximum absolute atomic E-state index is 14.5. The third-order valence-corrected chi connectivity index (χ3v) is 4.87. The van der Waals surface area contributed by atoms with E-state index in [-0.39, 0.29) is 23.8 Å². The summed E-state index contributed by atoms with van der Waals surface area (Å²) >= 11 is 0. The SMILES string of the molecule is C=C(O)c1ccc(N(CC2(c3ncccc3F)CCC2)C(=O)OC(C)(C)C)nn1. The molecule has 1 saturated carbocycles. The highest BCUT2D eigenvalue weighted by atomic mass is 19.1. The van der Waals surface area contributed by atoms with Crippen LogP contribution in [0.5, 0.6) is 0 Å². The first-order valence-corrected chi connectivity index (χ1v) is 9.45. The van der Waals surface area contributed by atoms with E-state index in [4.69, 9.17) is 4.74 Å². The monoisotopic (exact) mass is 400 g/mol. The summed E-state index contributed by atoms with van der Waals surface area (Å²) in [7, 11) is 0. The minimum Gasteiger partial charge on any atom is -0.506 e. The fourth-order valence-electron chi connectivity index (χ4n) is 3.33. The normalized spacial score (nSPS) is 15.3. The molecule has 0 saturated heterocycles. The van der Waals surface area contributed by atoms with Crippen LogP contribution in [0, 0.1) is 5.82 Å². The molecule has 0 radical (unpaired) electrons. The Morgan fingerprint density at radius 2 is 2.03 bits per heavy atom. The number of carbonyl (C=O) groups excluding carboxylic acids is 1. The molecule has 1 aliphatic carbocycles. The van der Waals surface area contributed by atoms with Crippen LogP contribution in [0.4, 0.5) is 15.0 Å². The highest BCUT2D eigenvalue weighted by Gasteiger charge is 2.45. The zero-order chi connectivity index (χ0) is 21.2. The lowest BCUT2D eigenvalue weighted by Crippen LogP contribution is -2.50. The molecule has 0 aliphatic heterocycles. The van der Waals surface area contributed by atoms with Crippen molar-refractivity contribution in [2.45, 2.75) is 51.0 Å². The molecule has 1 fully saturated rings. The van der Waals surface area contributed by atoms with Gasteiger partial charge in [-0.2, -0.15) is 0 Å². The molecule has 7 nitrogen and oxygen atoms in total. The van der Waals surface area contributed by atoms with Crippen molar-refractivity contribution in [2.75, 3.05) is 11.4 Å². The number of carbonyl (C=O) groups is 1. The van der Waals surface area contributed by atoms with Gasteiger partial charge in [0.25, 0.3) is 0 Å². The number of hydrogen-bond donors (Lipinski definition) is 1. The van der Waals surface area contributed by atoms with Gasteiger partial charge in [-0.25, -0.2) is 9.18 Å². The molecule has 2 heterocycles. The Kier molecular flexibility index (Phi) is 5.55. The zero-order valence-electron chi connectivity index (χ0n) is 16.9. The summed E-state index contributed by atoms with van der Waals surface area (Å²) in [6, 6.07) is 5.98. The van der Waals surface area contributed by atoms with Gasteiger partial charge in [0.15, 0.2) is 5.82 Å². The molecule has 29 heavy (non-hydrogen) atoms. The van der Waals surface area contributed by atoms with E-state index >= 15 is 0 Å². The predicted molar refractivity (Wildman–Crippen MR) is 107 cm³/mol. The van der Waals surface area contributed by atoms with Gasteiger partial charge < -0.3 is 9.84 Å². The van der Waals surface area contributed by atoms with Gasteiger partial charge >= 0.3 is 6.09 Å². The van der Waals surface area contributed by atoms with E-state index in [0.29, 0.717) is 18.5 Å². The maximum Gasteiger partial charge on any atom is 0.416 e. The number of halogens is 1. The fraction of sp³-hybridized carbons (Fsp3) is 0.429. The van der Waals surface area contributed by atoms with Gasteiger partial charge in [-0.3, -0.25) is 9.88 Å². The van der Waals surface area contributed by atoms with Crippen molar-refractivity contribution < 1.29 is 19.0 Å². The van der Waals surface area contributed by atoms with E-state index in [2.05, 4.69) is 21.8 Å². The largest absolute Gasteiger partial charge is 0.506 e. The van der Waals surface area contributed by atoms with Gasteiger partial charge in [0, 0.05) is 18.2 Å². The molecular weight excluding hydrogens is 375 g/mol. The molecule has 1 N–H and O–H groups in total. The second-order valence-electron chi connectivity index (χ2n) is 8.26. The first kappa shape index (κ1) is 20.7. The summed E-state index contributed by atoms with van der Waals surface area (Å²) in [4.78, 5) is 18.6. The van der Waals surface area contributed by atoms with Gasteiger partial charge in [-0.15, -0.1) is 10.2 Å². The molecular formula is C21H25FN4O3. The number of amides is 1. The topological polar surface area (TPSA) is 88.4 Å². The lowest BCUT2D eigenvalue weighted by molar-refractivity contribution is 0.0557. The van der Waals surface area contributed by atoms with Gasteiger partial charge in [0.1, 0.15) is 22.9 Å². The van der Waals surface area contributed by atoms with Gasteiger partial charge in [0.2, 0.25) is 0 Å². The first-order chi connectivity index (χ1) is 13.6. The van der Waals surface area contributed by atoms with Crippen LogP contribution in [0.1, 0.15) is 51.4 Å². The van der Waals surface area contributed by atoms with Crippen LogP contribution < -0.4 is 4.90 Å². The van der Waals surface area contributed by atoms with Crippen molar-refractivity contribution >= 4 is 17.7 Å². The smallest absolute Gasteiger partial charge is 0.416 e. The molecule has 154 valence electrons. The third kappa shape index (κ3) is 4.52. The molecule has 8 heteroatoms. The molecule has 0 atom stereocenters. The van der Waals surface area contributed by atoms with Crippen LogP contribution in [0.25, 0.3) is 5.76 Å². The Hall–Kier alpha value is -3.03. The Morgan fingerprint density at radius 1 is 1.31 bits per heavy atom. The molecule has 3 rings (SSSR count). The van der Waals surface area contributed by atoms with Gasteiger partial charge in [-0.1, -0.05) is 13.0 Å². The Bertz CT molecular complexity index is 905. The summed E-state index contributed by atoms with van der Waals surface area (Å²) in [6.07, 6.45) is 3.24. The first-order valence-electron chi connectivity index (χ1n) is 9.45. The van der Waals surface area contributed by atoms with E-state index in [1.165, 1.54) is 17.0 Å². The minimum absolute atomic E-state index is 0.157. The number of aliphatic hydroxyl groups is 1. The van der Waals surface area contributed by atoms with Crippen molar-refractivity contribution in [1.82, 2.24) is 15.2 Å². The van der Waals surface area contributed by atoms with E-state index in [0.717, 1.165) is 6.42 Å². The maximum atomic E-state index is 14.5. The number of ether oxygens (including phenoxy) is 1. The second kappa shape index (κ2) is 7.77. The summed E-state index contributed by atoms with van der Waals surface area (Å²) in [5.74, 6) is -0.375. The zero-order valence-corrected chi connectivity index (χ0v) is 16.9. The molecule has 1 amide bonds. The van der Waals surface area contributed by atoms with Crippen molar-refractivity contribution in [3.63, 3.8) is 0 Å². The number of hydrogen-bond acceptors (Lipinski definition) is 6. The second-order valence-corrected chi connectivity index (χ2v) is 8.26. The molecule has 0 aromatic carbocycles. The molecule has 0 bridgehead atoms. The third-order valence-electron chi connectivity index (χ3n) is 4.87. The van der Waals surface area contributed by atoms with Gasteiger partial charge in [0.05, 0.1) is 5.69 Å². The fourth-order valence-corrected chi connectivity index (χ4v) is 3.33. The van der Waals surface area contributed by atoms with Crippen molar-refractivity contribution in [1.29, 1.82) is 0 Å².